The van der Waals surface area contributed by atoms with Crippen molar-refractivity contribution in [3.8, 4) is 0 Å². The number of pyridine rings is 1. The molecule has 1 atom stereocenters. The summed E-state index contributed by atoms with van der Waals surface area (Å²) in [5.74, 6) is 0.444. The van der Waals surface area contributed by atoms with Gasteiger partial charge in [0.2, 0.25) is 0 Å². The van der Waals surface area contributed by atoms with E-state index in [9.17, 15) is 4.39 Å². The Bertz CT molecular complexity index is 388. The number of nitrogens with zero attached hydrogens (tertiary/aromatic N) is 2. The van der Waals surface area contributed by atoms with Gasteiger partial charge in [-0.05, 0) is 31.4 Å². The van der Waals surface area contributed by atoms with Crippen LogP contribution in [-0.4, -0.2) is 28.6 Å². The van der Waals surface area contributed by atoms with E-state index in [-0.39, 0.29) is 0 Å². The number of hydrogen-bond donors (Lipinski definition) is 0. The van der Waals surface area contributed by atoms with Crippen LogP contribution in [0.5, 0.6) is 0 Å². The van der Waals surface area contributed by atoms with E-state index in [0.29, 0.717) is 18.9 Å². The van der Waals surface area contributed by atoms with Crippen molar-refractivity contribution in [1.82, 2.24) is 9.88 Å². The molecule has 94 valence electrons. The van der Waals surface area contributed by atoms with Crippen LogP contribution in [0.15, 0.2) is 18.2 Å². The molecule has 1 unspecified atom stereocenters. The number of likely N-dealkylation sites (tertiary alicyclic amines) is 1. The average molecular weight is 236 g/mol. The molecular formula is C14H21FN2. The SMILES string of the molecule is CC(C)c1cccc(CN2CCC(C)(F)C2)n1. The highest BCUT2D eigenvalue weighted by atomic mass is 19.1. The molecule has 2 rings (SSSR count). The molecule has 0 saturated carbocycles. The molecule has 0 spiro atoms. The van der Waals surface area contributed by atoms with Crippen LogP contribution in [-0.2, 0) is 6.54 Å². The molecule has 17 heavy (non-hydrogen) atoms. The van der Waals surface area contributed by atoms with Gasteiger partial charge in [-0.1, -0.05) is 19.9 Å². The Balaban J connectivity index is 2.02. The molecule has 0 N–H and O–H groups in total. The largest absolute Gasteiger partial charge is 0.294 e. The first-order valence-electron chi connectivity index (χ1n) is 6.33. The van der Waals surface area contributed by atoms with Crippen molar-refractivity contribution in [2.24, 2.45) is 0 Å². The van der Waals surface area contributed by atoms with Crippen LogP contribution >= 0.6 is 0 Å². The highest BCUT2D eigenvalue weighted by Crippen LogP contribution is 2.25. The smallest absolute Gasteiger partial charge is 0.122 e. The Kier molecular flexibility index (Phi) is 3.48. The molecule has 1 aliphatic rings. The molecule has 1 fully saturated rings. The molecule has 1 aromatic heterocycles. The lowest BCUT2D eigenvalue weighted by molar-refractivity contribution is 0.186. The van der Waals surface area contributed by atoms with Crippen molar-refractivity contribution >= 4 is 0 Å². The minimum Gasteiger partial charge on any atom is -0.294 e. The Labute approximate surface area is 103 Å². The Morgan fingerprint density at radius 3 is 2.82 bits per heavy atom. The van der Waals surface area contributed by atoms with Crippen LogP contribution in [0.1, 0.15) is 44.5 Å². The topological polar surface area (TPSA) is 16.1 Å². The molecule has 1 aliphatic heterocycles. The minimum absolute atomic E-state index is 0.444. The Morgan fingerprint density at radius 2 is 2.24 bits per heavy atom. The lowest BCUT2D eigenvalue weighted by Crippen LogP contribution is -2.26. The van der Waals surface area contributed by atoms with Gasteiger partial charge in [-0.15, -0.1) is 0 Å². The van der Waals surface area contributed by atoms with E-state index in [1.807, 2.05) is 12.1 Å². The lowest BCUT2D eigenvalue weighted by Gasteiger charge is -2.17. The maximum absolute atomic E-state index is 13.7. The molecule has 1 saturated heterocycles. The van der Waals surface area contributed by atoms with Gasteiger partial charge in [0, 0.05) is 25.3 Å². The van der Waals surface area contributed by atoms with Crippen molar-refractivity contribution in [2.45, 2.75) is 45.3 Å². The van der Waals surface area contributed by atoms with Gasteiger partial charge in [0.1, 0.15) is 5.67 Å². The lowest BCUT2D eigenvalue weighted by atomic mass is 10.1. The number of halogens is 1. The van der Waals surface area contributed by atoms with E-state index >= 15 is 0 Å². The normalized spacial score (nSPS) is 25.7. The summed E-state index contributed by atoms with van der Waals surface area (Å²) < 4.78 is 13.7. The second kappa shape index (κ2) is 4.73. The number of alkyl halides is 1. The Morgan fingerprint density at radius 1 is 1.47 bits per heavy atom. The second-order valence-electron chi connectivity index (χ2n) is 5.58. The van der Waals surface area contributed by atoms with Crippen LogP contribution in [0.2, 0.25) is 0 Å². The van der Waals surface area contributed by atoms with Crippen LogP contribution in [0.4, 0.5) is 4.39 Å². The summed E-state index contributed by atoms with van der Waals surface area (Å²) in [5.41, 5.74) is 1.15. The molecule has 0 aromatic carbocycles. The third kappa shape index (κ3) is 3.25. The van der Waals surface area contributed by atoms with Crippen molar-refractivity contribution in [3.05, 3.63) is 29.6 Å². The second-order valence-corrected chi connectivity index (χ2v) is 5.58. The van der Waals surface area contributed by atoms with E-state index in [4.69, 9.17) is 0 Å². The Hall–Kier alpha value is -0.960. The molecule has 2 heterocycles. The first kappa shape index (κ1) is 12.5. The monoisotopic (exact) mass is 236 g/mol. The maximum atomic E-state index is 13.7. The third-order valence-corrected chi connectivity index (χ3v) is 3.31. The summed E-state index contributed by atoms with van der Waals surface area (Å²) in [5, 5.41) is 0. The predicted molar refractivity (Wildman–Crippen MR) is 67.7 cm³/mol. The van der Waals surface area contributed by atoms with Crippen LogP contribution in [0.3, 0.4) is 0 Å². The average Bonchev–Trinajstić information content (AvgIpc) is 2.58. The molecule has 0 amide bonds. The molecule has 2 nitrogen and oxygen atoms in total. The van der Waals surface area contributed by atoms with Gasteiger partial charge < -0.3 is 0 Å². The van der Waals surface area contributed by atoms with Crippen molar-refractivity contribution in [1.29, 1.82) is 0 Å². The maximum Gasteiger partial charge on any atom is 0.122 e. The van der Waals surface area contributed by atoms with Crippen molar-refractivity contribution < 1.29 is 4.39 Å². The standard InChI is InChI=1S/C14H21FN2/c1-11(2)13-6-4-5-12(16-13)9-17-8-7-14(3,15)10-17/h4-6,11H,7-10H2,1-3H3. The highest BCUT2D eigenvalue weighted by molar-refractivity contribution is 5.14. The van der Waals surface area contributed by atoms with E-state index < -0.39 is 5.67 Å². The van der Waals surface area contributed by atoms with Crippen LogP contribution < -0.4 is 0 Å². The van der Waals surface area contributed by atoms with Crippen LogP contribution in [0, 0.1) is 0 Å². The van der Waals surface area contributed by atoms with E-state index in [1.54, 1.807) is 6.92 Å². The van der Waals surface area contributed by atoms with Gasteiger partial charge in [0.25, 0.3) is 0 Å². The summed E-state index contributed by atoms with van der Waals surface area (Å²) in [6.45, 7) is 8.09. The van der Waals surface area contributed by atoms with Gasteiger partial charge in [0.15, 0.2) is 0 Å². The first-order valence-corrected chi connectivity index (χ1v) is 6.33. The van der Waals surface area contributed by atoms with Crippen molar-refractivity contribution in [2.75, 3.05) is 13.1 Å². The molecule has 0 aliphatic carbocycles. The fraction of sp³-hybridized carbons (Fsp3) is 0.643. The van der Waals surface area contributed by atoms with Crippen molar-refractivity contribution in [3.63, 3.8) is 0 Å². The zero-order chi connectivity index (χ0) is 12.5. The molecule has 0 radical (unpaired) electrons. The quantitative estimate of drug-likeness (QED) is 0.801. The van der Waals surface area contributed by atoms with E-state index in [0.717, 1.165) is 24.5 Å². The molecule has 3 heteroatoms. The zero-order valence-electron chi connectivity index (χ0n) is 10.9. The van der Waals surface area contributed by atoms with Gasteiger partial charge >= 0.3 is 0 Å². The predicted octanol–water partition coefficient (Wildman–Crippen LogP) is 3.14. The summed E-state index contributed by atoms with van der Waals surface area (Å²) in [4.78, 5) is 6.76. The summed E-state index contributed by atoms with van der Waals surface area (Å²) >= 11 is 0. The van der Waals surface area contributed by atoms with E-state index in [1.165, 1.54) is 0 Å². The van der Waals surface area contributed by atoms with Gasteiger partial charge in [-0.3, -0.25) is 9.88 Å². The van der Waals surface area contributed by atoms with Gasteiger partial charge in [-0.2, -0.15) is 0 Å². The number of hydrogen-bond acceptors (Lipinski definition) is 2. The first-order chi connectivity index (χ1) is 7.96. The minimum atomic E-state index is -1.02. The highest BCUT2D eigenvalue weighted by Gasteiger charge is 2.33. The fourth-order valence-electron chi connectivity index (χ4n) is 2.29. The molecule has 1 aromatic rings. The summed E-state index contributed by atoms with van der Waals surface area (Å²) in [6.07, 6.45) is 0.636. The summed E-state index contributed by atoms with van der Waals surface area (Å²) in [7, 11) is 0. The molecule has 0 bridgehead atoms. The van der Waals surface area contributed by atoms with Crippen LogP contribution in [0.25, 0.3) is 0 Å². The van der Waals surface area contributed by atoms with Gasteiger partial charge in [-0.25, -0.2) is 4.39 Å². The summed E-state index contributed by atoms with van der Waals surface area (Å²) in [6, 6.07) is 6.12. The van der Waals surface area contributed by atoms with E-state index in [2.05, 4.69) is 29.8 Å². The number of aromatic nitrogens is 1. The third-order valence-electron chi connectivity index (χ3n) is 3.31. The zero-order valence-corrected chi connectivity index (χ0v) is 10.9. The fourth-order valence-corrected chi connectivity index (χ4v) is 2.29. The number of rotatable bonds is 3. The molecular weight excluding hydrogens is 215 g/mol. The van der Waals surface area contributed by atoms with Gasteiger partial charge in [0.05, 0.1) is 5.69 Å².